The third-order valence-electron chi connectivity index (χ3n) is 1.49. The van der Waals surface area contributed by atoms with Crippen molar-refractivity contribution in [2.45, 2.75) is 20.3 Å². The van der Waals surface area contributed by atoms with E-state index in [-0.39, 0.29) is 0 Å². The standard InChI is InChI=1S/C11H18O/c1-6-7-11(12-5)10(4)8-9(2)3/h6-7,9H,1,4,8H2,2-3,5H3/b11-7+. The number of methoxy groups -OCH3 is 1. The number of rotatable bonds is 5. The average Bonchev–Trinajstić information content (AvgIpc) is 1.98. The van der Waals surface area contributed by atoms with E-state index in [1.165, 1.54) is 0 Å². The third-order valence-corrected chi connectivity index (χ3v) is 1.49. The van der Waals surface area contributed by atoms with Gasteiger partial charge in [0.25, 0.3) is 0 Å². The first-order chi connectivity index (χ1) is 5.61. The number of ether oxygens (including phenoxy) is 1. The lowest BCUT2D eigenvalue weighted by atomic mass is 10.0. The van der Waals surface area contributed by atoms with E-state index in [4.69, 9.17) is 4.74 Å². The lowest BCUT2D eigenvalue weighted by Gasteiger charge is -2.10. The molecule has 0 fully saturated rings. The first-order valence-electron chi connectivity index (χ1n) is 4.16. The summed E-state index contributed by atoms with van der Waals surface area (Å²) in [7, 11) is 1.65. The minimum atomic E-state index is 0.612. The Labute approximate surface area is 75.4 Å². The van der Waals surface area contributed by atoms with Crippen LogP contribution >= 0.6 is 0 Å². The molecule has 0 spiro atoms. The van der Waals surface area contributed by atoms with Crippen LogP contribution in [0.3, 0.4) is 0 Å². The highest BCUT2D eigenvalue weighted by atomic mass is 16.5. The van der Waals surface area contributed by atoms with Gasteiger partial charge in [-0.2, -0.15) is 0 Å². The highest BCUT2D eigenvalue weighted by Gasteiger charge is 2.03. The third kappa shape index (κ3) is 4.02. The predicted molar refractivity (Wildman–Crippen MR) is 53.9 cm³/mol. The Morgan fingerprint density at radius 2 is 2.08 bits per heavy atom. The second-order valence-electron chi connectivity index (χ2n) is 3.17. The molecular weight excluding hydrogens is 148 g/mol. The zero-order valence-electron chi connectivity index (χ0n) is 8.26. The fourth-order valence-corrected chi connectivity index (χ4v) is 1.03. The molecule has 0 aromatic carbocycles. The maximum atomic E-state index is 5.14. The molecule has 0 unspecified atom stereocenters. The molecule has 0 atom stereocenters. The Balaban J connectivity index is 4.22. The molecule has 0 aliphatic carbocycles. The van der Waals surface area contributed by atoms with E-state index in [9.17, 15) is 0 Å². The second-order valence-corrected chi connectivity index (χ2v) is 3.17. The highest BCUT2D eigenvalue weighted by Crippen LogP contribution is 2.17. The molecule has 0 aliphatic rings. The smallest absolute Gasteiger partial charge is 0.121 e. The monoisotopic (exact) mass is 166 g/mol. The Kier molecular flexibility index (Phi) is 5.18. The van der Waals surface area contributed by atoms with Crippen LogP contribution < -0.4 is 0 Å². The van der Waals surface area contributed by atoms with Crippen molar-refractivity contribution in [1.82, 2.24) is 0 Å². The van der Waals surface area contributed by atoms with Crippen molar-refractivity contribution in [3.05, 3.63) is 36.6 Å². The van der Waals surface area contributed by atoms with Gasteiger partial charge in [0.1, 0.15) is 5.76 Å². The van der Waals surface area contributed by atoms with Crippen LogP contribution in [-0.4, -0.2) is 7.11 Å². The largest absolute Gasteiger partial charge is 0.497 e. The molecule has 0 saturated carbocycles. The zero-order chi connectivity index (χ0) is 9.56. The van der Waals surface area contributed by atoms with Gasteiger partial charge in [0.2, 0.25) is 0 Å². The number of allylic oxidation sites excluding steroid dienone is 3. The Morgan fingerprint density at radius 1 is 1.50 bits per heavy atom. The quantitative estimate of drug-likeness (QED) is 0.450. The fourth-order valence-electron chi connectivity index (χ4n) is 1.03. The van der Waals surface area contributed by atoms with Crippen LogP contribution in [0.25, 0.3) is 0 Å². The summed E-state index contributed by atoms with van der Waals surface area (Å²) in [6, 6.07) is 0. The van der Waals surface area contributed by atoms with Gasteiger partial charge < -0.3 is 4.74 Å². The summed E-state index contributed by atoms with van der Waals surface area (Å²) in [5.41, 5.74) is 1.03. The van der Waals surface area contributed by atoms with E-state index in [0.717, 1.165) is 17.8 Å². The Hall–Kier alpha value is -0.980. The zero-order valence-corrected chi connectivity index (χ0v) is 8.26. The van der Waals surface area contributed by atoms with Crippen LogP contribution in [-0.2, 0) is 4.74 Å². The van der Waals surface area contributed by atoms with Crippen LogP contribution in [0.1, 0.15) is 20.3 Å². The summed E-state index contributed by atoms with van der Waals surface area (Å²) in [5.74, 6) is 1.44. The van der Waals surface area contributed by atoms with E-state index in [1.54, 1.807) is 13.2 Å². The second kappa shape index (κ2) is 5.64. The lowest BCUT2D eigenvalue weighted by molar-refractivity contribution is 0.296. The van der Waals surface area contributed by atoms with Gasteiger partial charge in [-0.15, -0.1) is 0 Å². The molecule has 0 heterocycles. The van der Waals surface area contributed by atoms with Crippen LogP contribution in [0, 0.1) is 5.92 Å². The molecule has 0 amide bonds. The summed E-state index contributed by atoms with van der Waals surface area (Å²) in [4.78, 5) is 0. The van der Waals surface area contributed by atoms with E-state index in [0.29, 0.717) is 5.92 Å². The van der Waals surface area contributed by atoms with Gasteiger partial charge in [-0.3, -0.25) is 0 Å². The summed E-state index contributed by atoms with van der Waals surface area (Å²) >= 11 is 0. The minimum absolute atomic E-state index is 0.612. The van der Waals surface area contributed by atoms with Crippen LogP contribution in [0.2, 0.25) is 0 Å². The molecule has 0 aromatic rings. The maximum Gasteiger partial charge on any atom is 0.121 e. The van der Waals surface area contributed by atoms with E-state index in [2.05, 4.69) is 27.0 Å². The molecular formula is C11H18O. The van der Waals surface area contributed by atoms with Gasteiger partial charge in [0.05, 0.1) is 7.11 Å². The predicted octanol–water partition coefficient (Wildman–Crippen LogP) is 3.31. The highest BCUT2D eigenvalue weighted by molar-refractivity contribution is 5.25. The average molecular weight is 166 g/mol. The first kappa shape index (κ1) is 11.0. The molecule has 0 N–H and O–H groups in total. The first-order valence-corrected chi connectivity index (χ1v) is 4.16. The van der Waals surface area contributed by atoms with Gasteiger partial charge >= 0.3 is 0 Å². The van der Waals surface area contributed by atoms with Crippen molar-refractivity contribution in [2.24, 2.45) is 5.92 Å². The molecule has 1 nitrogen and oxygen atoms in total. The van der Waals surface area contributed by atoms with Crippen LogP contribution in [0.5, 0.6) is 0 Å². The van der Waals surface area contributed by atoms with Crippen molar-refractivity contribution in [2.75, 3.05) is 7.11 Å². The van der Waals surface area contributed by atoms with E-state index >= 15 is 0 Å². The van der Waals surface area contributed by atoms with Crippen LogP contribution in [0.15, 0.2) is 36.6 Å². The van der Waals surface area contributed by atoms with Gasteiger partial charge in [-0.1, -0.05) is 33.1 Å². The summed E-state index contributed by atoms with van der Waals surface area (Å²) in [6.45, 7) is 11.9. The van der Waals surface area contributed by atoms with Gasteiger partial charge in [0, 0.05) is 0 Å². The van der Waals surface area contributed by atoms with Crippen molar-refractivity contribution < 1.29 is 4.74 Å². The molecule has 0 bridgehead atoms. The van der Waals surface area contributed by atoms with Crippen molar-refractivity contribution in [1.29, 1.82) is 0 Å². The number of hydrogen-bond acceptors (Lipinski definition) is 1. The molecule has 0 aromatic heterocycles. The molecule has 68 valence electrons. The van der Waals surface area contributed by atoms with Crippen LogP contribution in [0.4, 0.5) is 0 Å². The summed E-state index contributed by atoms with van der Waals surface area (Å²) in [5, 5.41) is 0. The molecule has 0 radical (unpaired) electrons. The summed E-state index contributed by atoms with van der Waals surface area (Å²) in [6.07, 6.45) is 4.52. The maximum absolute atomic E-state index is 5.14. The molecule has 0 saturated heterocycles. The topological polar surface area (TPSA) is 9.23 Å². The van der Waals surface area contributed by atoms with Crippen molar-refractivity contribution in [3.63, 3.8) is 0 Å². The lowest BCUT2D eigenvalue weighted by Crippen LogP contribution is -1.95. The minimum Gasteiger partial charge on any atom is -0.497 e. The van der Waals surface area contributed by atoms with Gasteiger partial charge in [-0.25, -0.2) is 0 Å². The van der Waals surface area contributed by atoms with Gasteiger partial charge in [-0.05, 0) is 24.0 Å². The summed E-state index contributed by atoms with van der Waals surface area (Å²) < 4.78 is 5.14. The molecule has 0 rings (SSSR count). The fraction of sp³-hybridized carbons (Fsp3) is 0.455. The van der Waals surface area contributed by atoms with E-state index < -0.39 is 0 Å². The van der Waals surface area contributed by atoms with Gasteiger partial charge in [0.15, 0.2) is 0 Å². The normalized spacial score (nSPS) is 11.5. The molecule has 1 heteroatoms. The molecule has 0 aliphatic heterocycles. The number of hydrogen-bond donors (Lipinski definition) is 0. The molecule has 12 heavy (non-hydrogen) atoms. The Morgan fingerprint density at radius 3 is 2.42 bits per heavy atom. The van der Waals surface area contributed by atoms with E-state index in [1.807, 2.05) is 6.08 Å². The van der Waals surface area contributed by atoms with Crippen molar-refractivity contribution >= 4 is 0 Å². The Bertz CT molecular complexity index is 187. The SMILES string of the molecule is C=C/C=C(/OC)C(=C)CC(C)C. The van der Waals surface area contributed by atoms with Crippen molar-refractivity contribution in [3.8, 4) is 0 Å².